The van der Waals surface area contributed by atoms with Crippen molar-refractivity contribution in [1.82, 2.24) is 20.2 Å². The molecule has 5 aromatic carbocycles. The molecule has 1 aromatic heterocycles. The first kappa shape index (κ1) is 24.4. The average molecular weight is 492 g/mol. The van der Waals surface area contributed by atoms with Crippen molar-refractivity contribution in [3.63, 3.8) is 0 Å². The maximum absolute atomic E-state index is 8.29. The zero-order valence-electron chi connectivity index (χ0n) is 20.7. The van der Waals surface area contributed by atoms with Gasteiger partial charge in [0.1, 0.15) is 5.54 Å². The fourth-order valence-electron chi connectivity index (χ4n) is 4.60. The molecule has 6 rings (SSSR count). The smallest absolute Gasteiger partial charge is 0.183 e. The lowest BCUT2D eigenvalue weighted by Gasteiger charge is -2.36. The average Bonchev–Trinajstić information content (AvgIpc) is 3.51. The molecule has 38 heavy (non-hydrogen) atoms. The SMILES string of the molecule is N#Cc1ccccc1.c1ccc(-c2nnnn2C(c2ccccc2)(c2ccccc2)c2ccccc2)cc1. The molecule has 0 spiro atoms. The van der Waals surface area contributed by atoms with E-state index < -0.39 is 5.54 Å². The van der Waals surface area contributed by atoms with Gasteiger partial charge in [0, 0.05) is 5.56 Å². The van der Waals surface area contributed by atoms with Crippen LogP contribution in [0.1, 0.15) is 22.3 Å². The van der Waals surface area contributed by atoms with E-state index in [4.69, 9.17) is 5.26 Å². The van der Waals surface area contributed by atoms with Crippen molar-refractivity contribution in [2.75, 3.05) is 0 Å². The van der Waals surface area contributed by atoms with Crippen molar-refractivity contribution in [3.05, 3.63) is 174 Å². The summed E-state index contributed by atoms with van der Waals surface area (Å²) in [5, 5.41) is 21.4. The third kappa shape index (κ3) is 4.84. The van der Waals surface area contributed by atoms with Gasteiger partial charge in [-0.2, -0.15) is 5.26 Å². The number of aromatic nitrogens is 4. The molecule has 5 heteroatoms. The summed E-state index contributed by atoms with van der Waals surface area (Å²) in [5.74, 6) is 0.715. The molecule has 0 fully saturated rings. The second-order valence-corrected chi connectivity index (χ2v) is 8.57. The zero-order valence-corrected chi connectivity index (χ0v) is 20.7. The summed E-state index contributed by atoms with van der Waals surface area (Å²) >= 11 is 0. The highest BCUT2D eigenvalue weighted by atomic mass is 15.6. The van der Waals surface area contributed by atoms with Crippen molar-refractivity contribution in [2.24, 2.45) is 0 Å². The predicted octanol–water partition coefficient (Wildman–Crippen LogP) is 6.74. The second-order valence-electron chi connectivity index (χ2n) is 8.57. The van der Waals surface area contributed by atoms with Crippen LogP contribution in [-0.2, 0) is 5.54 Å². The van der Waals surface area contributed by atoms with E-state index in [1.54, 1.807) is 12.1 Å². The van der Waals surface area contributed by atoms with Crippen molar-refractivity contribution < 1.29 is 0 Å². The van der Waals surface area contributed by atoms with Gasteiger partial charge in [-0.15, -0.1) is 5.10 Å². The Morgan fingerprint density at radius 1 is 0.526 bits per heavy atom. The van der Waals surface area contributed by atoms with E-state index >= 15 is 0 Å². The number of benzene rings is 5. The molecular weight excluding hydrogens is 466 g/mol. The fraction of sp³-hybridized carbons (Fsp3) is 0.0303. The van der Waals surface area contributed by atoms with Crippen molar-refractivity contribution in [2.45, 2.75) is 5.54 Å². The maximum Gasteiger partial charge on any atom is 0.183 e. The van der Waals surface area contributed by atoms with Gasteiger partial charge in [-0.3, -0.25) is 0 Å². The molecule has 0 aliphatic rings. The van der Waals surface area contributed by atoms with Gasteiger partial charge < -0.3 is 0 Å². The summed E-state index contributed by atoms with van der Waals surface area (Å²) in [5.41, 5.74) is 4.23. The maximum atomic E-state index is 8.29. The summed E-state index contributed by atoms with van der Waals surface area (Å²) in [7, 11) is 0. The Morgan fingerprint density at radius 3 is 1.32 bits per heavy atom. The minimum Gasteiger partial charge on any atom is -0.206 e. The second kappa shape index (κ2) is 11.6. The van der Waals surface area contributed by atoms with Gasteiger partial charge in [-0.05, 0) is 39.2 Å². The van der Waals surface area contributed by atoms with E-state index in [1.165, 1.54) is 0 Å². The van der Waals surface area contributed by atoms with Crippen LogP contribution in [0.15, 0.2) is 152 Å². The number of nitrogens with zero attached hydrogens (tertiary/aromatic N) is 5. The summed E-state index contributed by atoms with van der Waals surface area (Å²) < 4.78 is 1.95. The van der Waals surface area contributed by atoms with Gasteiger partial charge in [0.2, 0.25) is 0 Å². The summed E-state index contributed by atoms with van der Waals surface area (Å²) in [6.07, 6.45) is 0. The van der Waals surface area contributed by atoms with Crippen molar-refractivity contribution in [3.8, 4) is 17.5 Å². The molecule has 6 aromatic rings. The Bertz CT molecular complexity index is 1500. The third-order valence-corrected chi connectivity index (χ3v) is 6.30. The fourth-order valence-corrected chi connectivity index (χ4v) is 4.60. The number of nitriles is 1. The first-order chi connectivity index (χ1) is 18.8. The van der Waals surface area contributed by atoms with E-state index in [0.29, 0.717) is 11.4 Å². The molecule has 0 atom stereocenters. The van der Waals surface area contributed by atoms with Gasteiger partial charge in [-0.1, -0.05) is 140 Å². The normalized spacial score (nSPS) is 10.6. The van der Waals surface area contributed by atoms with Crippen LogP contribution in [0.25, 0.3) is 11.4 Å². The van der Waals surface area contributed by atoms with Crippen LogP contribution in [0, 0.1) is 11.3 Å². The highest BCUT2D eigenvalue weighted by Crippen LogP contribution is 2.41. The first-order valence-corrected chi connectivity index (χ1v) is 12.3. The molecule has 0 saturated heterocycles. The Morgan fingerprint density at radius 2 is 0.921 bits per heavy atom. The summed E-state index contributed by atoms with van der Waals surface area (Å²) in [4.78, 5) is 0. The van der Waals surface area contributed by atoms with Crippen LogP contribution >= 0.6 is 0 Å². The molecule has 0 N–H and O–H groups in total. The molecule has 182 valence electrons. The molecule has 0 aliphatic carbocycles. The van der Waals surface area contributed by atoms with E-state index in [1.807, 2.05) is 77.5 Å². The largest absolute Gasteiger partial charge is 0.206 e. The van der Waals surface area contributed by atoms with Crippen LogP contribution in [0.4, 0.5) is 0 Å². The van der Waals surface area contributed by atoms with E-state index in [9.17, 15) is 0 Å². The Balaban J connectivity index is 0.000000316. The Labute approximate surface area is 222 Å². The number of hydrogen-bond acceptors (Lipinski definition) is 4. The van der Waals surface area contributed by atoms with E-state index in [2.05, 4.69) is 88.3 Å². The van der Waals surface area contributed by atoms with Gasteiger partial charge >= 0.3 is 0 Å². The standard InChI is InChI=1S/C26H20N4.C7H5N/c1-5-13-21(14-6-1)25-27-28-29-30(25)26(22-15-7-2-8-16-22,23-17-9-3-10-18-23)24-19-11-4-12-20-24;8-6-7-4-2-1-3-5-7/h1-20H;1-5H. The molecule has 0 bridgehead atoms. The third-order valence-electron chi connectivity index (χ3n) is 6.30. The Kier molecular flexibility index (Phi) is 7.43. The van der Waals surface area contributed by atoms with Crippen LogP contribution in [-0.4, -0.2) is 20.2 Å². The van der Waals surface area contributed by atoms with Crippen molar-refractivity contribution in [1.29, 1.82) is 5.26 Å². The quantitative estimate of drug-likeness (QED) is 0.251. The predicted molar refractivity (Wildman–Crippen MR) is 149 cm³/mol. The topological polar surface area (TPSA) is 67.4 Å². The summed E-state index contributed by atoms with van der Waals surface area (Å²) in [6.45, 7) is 0. The summed E-state index contributed by atoms with van der Waals surface area (Å²) in [6, 6.07) is 52.5. The molecule has 0 radical (unpaired) electrons. The highest BCUT2D eigenvalue weighted by molar-refractivity contribution is 5.59. The Hall–Kier alpha value is -5.34. The lowest BCUT2D eigenvalue weighted by molar-refractivity contribution is 0.451. The minimum atomic E-state index is -0.724. The van der Waals surface area contributed by atoms with Crippen LogP contribution in [0.5, 0.6) is 0 Å². The van der Waals surface area contributed by atoms with E-state index in [0.717, 1.165) is 22.3 Å². The van der Waals surface area contributed by atoms with Crippen LogP contribution in [0.3, 0.4) is 0 Å². The zero-order chi connectivity index (χ0) is 26.0. The number of tetrazole rings is 1. The van der Waals surface area contributed by atoms with Crippen LogP contribution < -0.4 is 0 Å². The molecule has 0 saturated carbocycles. The molecule has 0 unspecified atom stereocenters. The molecular formula is C33H25N5. The first-order valence-electron chi connectivity index (χ1n) is 12.3. The monoisotopic (exact) mass is 491 g/mol. The van der Waals surface area contributed by atoms with Crippen LogP contribution in [0.2, 0.25) is 0 Å². The minimum absolute atomic E-state index is 0.715. The van der Waals surface area contributed by atoms with Crippen molar-refractivity contribution >= 4 is 0 Å². The van der Waals surface area contributed by atoms with Gasteiger partial charge in [0.25, 0.3) is 0 Å². The van der Waals surface area contributed by atoms with Gasteiger partial charge in [0.15, 0.2) is 5.82 Å². The molecule has 5 nitrogen and oxygen atoms in total. The lowest BCUT2D eigenvalue weighted by Crippen LogP contribution is -2.39. The lowest BCUT2D eigenvalue weighted by atomic mass is 9.77. The number of hydrogen-bond donors (Lipinski definition) is 0. The van der Waals surface area contributed by atoms with Gasteiger partial charge in [-0.25, -0.2) is 4.68 Å². The molecule has 0 aliphatic heterocycles. The van der Waals surface area contributed by atoms with E-state index in [-0.39, 0.29) is 0 Å². The number of rotatable bonds is 5. The highest BCUT2D eigenvalue weighted by Gasteiger charge is 2.41. The molecule has 0 amide bonds. The molecule has 1 heterocycles. The van der Waals surface area contributed by atoms with Gasteiger partial charge in [0.05, 0.1) is 11.6 Å².